The Morgan fingerprint density at radius 3 is 2.70 bits per heavy atom. The molecule has 0 aromatic heterocycles. The molecule has 6 heteroatoms. The molecule has 0 saturated heterocycles. The van der Waals surface area contributed by atoms with Gasteiger partial charge in [0.05, 0.1) is 12.8 Å². The van der Waals surface area contributed by atoms with Crippen molar-refractivity contribution in [1.82, 2.24) is 5.43 Å². The number of amides is 2. The van der Waals surface area contributed by atoms with Crippen LogP contribution in [0.3, 0.4) is 0 Å². The van der Waals surface area contributed by atoms with Gasteiger partial charge in [-0.2, -0.15) is 0 Å². The molecule has 2 aromatic rings. The minimum absolute atomic E-state index is 0.368. The number of carbonyl (C=O) groups excluding carboxylic acids is 1. The Hall–Kier alpha value is -2.73. The Balaban J connectivity index is 2.26. The number of hydrazine groups is 1. The van der Waals surface area contributed by atoms with Crippen LogP contribution in [0, 0.1) is 13.8 Å². The summed E-state index contributed by atoms with van der Waals surface area (Å²) < 4.78 is 11.2. The Morgan fingerprint density at radius 1 is 1.22 bits per heavy atom. The molecule has 0 atom stereocenters. The number of benzene rings is 2. The number of para-hydroxylation sites is 1. The highest BCUT2D eigenvalue weighted by Crippen LogP contribution is 2.35. The average molecular weight is 315 g/mol. The molecule has 2 rings (SSSR count). The first kappa shape index (κ1) is 16.6. The summed E-state index contributed by atoms with van der Waals surface area (Å²) in [5.74, 6) is 6.10. The molecular formula is C17H21N3O3. The number of rotatable bonds is 5. The number of anilines is 1. The SMILES string of the molecule is COc1cccc(NC(=O)NN)c1OCc1cc(C)ccc1C. The van der Waals surface area contributed by atoms with Crippen molar-refractivity contribution in [3.8, 4) is 11.5 Å². The normalized spacial score (nSPS) is 10.1. The molecule has 4 N–H and O–H groups in total. The lowest BCUT2D eigenvalue weighted by atomic mass is 10.1. The van der Waals surface area contributed by atoms with E-state index in [-0.39, 0.29) is 0 Å². The fraction of sp³-hybridized carbons (Fsp3) is 0.235. The van der Waals surface area contributed by atoms with E-state index < -0.39 is 6.03 Å². The van der Waals surface area contributed by atoms with Crippen LogP contribution in [0.5, 0.6) is 11.5 Å². The van der Waals surface area contributed by atoms with Gasteiger partial charge in [-0.1, -0.05) is 29.8 Å². The van der Waals surface area contributed by atoms with Gasteiger partial charge in [-0.15, -0.1) is 0 Å². The van der Waals surface area contributed by atoms with Crippen LogP contribution in [0.15, 0.2) is 36.4 Å². The number of methoxy groups -OCH3 is 1. The van der Waals surface area contributed by atoms with Gasteiger partial charge in [0.15, 0.2) is 11.5 Å². The number of nitrogens with two attached hydrogens (primary N) is 1. The Labute approximate surface area is 135 Å². The summed E-state index contributed by atoms with van der Waals surface area (Å²) in [6, 6.07) is 10.9. The van der Waals surface area contributed by atoms with Crippen molar-refractivity contribution in [2.24, 2.45) is 5.84 Å². The predicted octanol–water partition coefficient (Wildman–Crippen LogP) is 2.89. The summed E-state index contributed by atoms with van der Waals surface area (Å²) in [4.78, 5) is 11.5. The minimum Gasteiger partial charge on any atom is -0.493 e. The molecule has 0 bridgehead atoms. The molecule has 0 spiro atoms. The zero-order valence-electron chi connectivity index (χ0n) is 13.5. The third kappa shape index (κ3) is 4.14. The second-order valence-corrected chi connectivity index (χ2v) is 5.15. The van der Waals surface area contributed by atoms with Crippen LogP contribution in [0.1, 0.15) is 16.7 Å². The first-order valence-electron chi connectivity index (χ1n) is 7.18. The van der Waals surface area contributed by atoms with E-state index in [4.69, 9.17) is 15.3 Å². The molecule has 2 aromatic carbocycles. The standard InChI is InChI=1S/C17H21N3O3/c1-11-7-8-12(2)13(9-11)10-23-16-14(19-17(21)20-18)5-4-6-15(16)22-3/h4-9H,10,18H2,1-3H3,(H2,19,20,21). The summed E-state index contributed by atoms with van der Waals surface area (Å²) in [7, 11) is 1.55. The molecule has 0 heterocycles. The molecule has 2 amide bonds. The topological polar surface area (TPSA) is 85.6 Å². The van der Waals surface area contributed by atoms with Crippen LogP contribution in [-0.2, 0) is 6.61 Å². The third-order valence-corrected chi connectivity index (χ3v) is 3.45. The fourth-order valence-corrected chi connectivity index (χ4v) is 2.19. The number of aryl methyl sites for hydroxylation is 2. The number of nitrogens with one attached hydrogen (secondary N) is 2. The lowest BCUT2D eigenvalue weighted by Gasteiger charge is -2.16. The molecule has 0 fully saturated rings. The first-order valence-corrected chi connectivity index (χ1v) is 7.18. The molecule has 0 aliphatic heterocycles. The highest BCUT2D eigenvalue weighted by molar-refractivity contribution is 5.91. The average Bonchev–Trinajstić information content (AvgIpc) is 2.56. The highest BCUT2D eigenvalue weighted by Gasteiger charge is 2.13. The van der Waals surface area contributed by atoms with Crippen LogP contribution < -0.4 is 26.1 Å². The summed E-state index contributed by atoms with van der Waals surface area (Å²) in [6.45, 7) is 4.43. The summed E-state index contributed by atoms with van der Waals surface area (Å²) in [5.41, 5.74) is 5.88. The van der Waals surface area contributed by atoms with E-state index in [2.05, 4.69) is 23.5 Å². The molecule has 122 valence electrons. The van der Waals surface area contributed by atoms with Crippen LogP contribution in [-0.4, -0.2) is 13.1 Å². The van der Waals surface area contributed by atoms with E-state index >= 15 is 0 Å². The first-order chi connectivity index (χ1) is 11.0. The van der Waals surface area contributed by atoms with E-state index in [0.717, 1.165) is 16.7 Å². The second-order valence-electron chi connectivity index (χ2n) is 5.15. The molecule has 0 radical (unpaired) electrons. The van der Waals surface area contributed by atoms with E-state index in [0.29, 0.717) is 23.8 Å². The predicted molar refractivity (Wildman–Crippen MR) is 89.6 cm³/mol. The maximum absolute atomic E-state index is 11.5. The van der Waals surface area contributed by atoms with Gasteiger partial charge >= 0.3 is 6.03 Å². The van der Waals surface area contributed by atoms with Gasteiger partial charge in [0, 0.05) is 0 Å². The van der Waals surface area contributed by atoms with E-state index in [1.54, 1.807) is 25.3 Å². The smallest absolute Gasteiger partial charge is 0.333 e. The number of ether oxygens (including phenoxy) is 2. The number of hydrogen-bond donors (Lipinski definition) is 3. The Bertz CT molecular complexity index is 701. The molecule has 0 unspecified atom stereocenters. The summed E-state index contributed by atoms with van der Waals surface area (Å²) >= 11 is 0. The zero-order valence-corrected chi connectivity index (χ0v) is 13.5. The van der Waals surface area contributed by atoms with Crippen LogP contribution >= 0.6 is 0 Å². The van der Waals surface area contributed by atoms with Gasteiger partial charge in [0.25, 0.3) is 0 Å². The molecule has 6 nitrogen and oxygen atoms in total. The monoisotopic (exact) mass is 315 g/mol. The fourth-order valence-electron chi connectivity index (χ4n) is 2.19. The maximum Gasteiger partial charge on any atom is 0.333 e. The van der Waals surface area contributed by atoms with Crippen LogP contribution in [0.2, 0.25) is 0 Å². The van der Waals surface area contributed by atoms with E-state index in [1.807, 2.05) is 19.3 Å². The molecule has 23 heavy (non-hydrogen) atoms. The van der Waals surface area contributed by atoms with Gasteiger partial charge in [-0.25, -0.2) is 10.6 Å². The zero-order chi connectivity index (χ0) is 16.8. The van der Waals surface area contributed by atoms with Crippen molar-refractivity contribution in [3.05, 3.63) is 53.1 Å². The Kier molecular flexibility index (Phi) is 5.43. The lowest BCUT2D eigenvalue weighted by Crippen LogP contribution is -2.34. The summed E-state index contributed by atoms with van der Waals surface area (Å²) in [5, 5.41) is 2.62. The largest absolute Gasteiger partial charge is 0.493 e. The van der Waals surface area contributed by atoms with Gasteiger partial charge in [-0.3, -0.25) is 5.43 Å². The van der Waals surface area contributed by atoms with Gasteiger partial charge in [0.2, 0.25) is 0 Å². The quantitative estimate of drug-likeness (QED) is 0.450. The van der Waals surface area contributed by atoms with Crippen molar-refractivity contribution in [2.75, 3.05) is 12.4 Å². The summed E-state index contributed by atoms with van der Waals surface area (Å²) in [6.07, 6.45) is 0. The number of urea groups is 1. The van der Waals surface area contributed by atoms with Crippen LogP contribution in [0.25, 0.3) is 0 Å². The molecule has 0 saturated carbocycles. The third-order valence-electron chi connectivity index (χ3n) is 3.45. The van der Waals surface area contributed by atoms with Gasteiger partial charge in [0.1, 0.15) is 6.61 Å². The number of carbonyl (C=O) groups is 1. The number of hydrogen-bond acceptors (Lipinski definition) is 4. The lowest BCUT2D eigenvalue weighted by molar-refractivity contribution is 0.251. The molecule has 0 aliphatic rings. The van der Waals surface area contributed by atoms with E-state index in [1.165, 1.54) is 0 Å². The molecular weight excluding hydrogens is 294 g/mol. The van der Waals surface area contributed by atoms with Crippen molar-refractivity contribution in [1.29, 1.82) is 0 Å². The Morgan fingerprint density at radius 2 is 2.00 bits per heavy atom. The van der Waals surface area contributed by atoms with Gasteiger partial charge < -0.3 is 14.8 Å². The van der Waals surface area contributed by atoms with E-state index in [9.17, 15) is 4.79 Å². The van der Waals surface area contributed by atoms with Crippen LogP contribution in [0.4, 0.5) is 10.5 Å². The minimum atomic E-state index is -0.533. The van der Waals surface area contributed by atoms with Gasteiger partial charge in [-0.05, 0) is 37.1 Å². The van der Waals surface area contributed by atoms with Crippen molar-refractivity contribution < 1.29 is 14.3 Å². The van der Waals surface area contributed by atoms with Crippen molar-refractivity contribution >= 4 is 11.7 Å². The second kappa shape index (κ2) is 7.51. The van der Waals surface area contributed by atoms with Crippen molar-refractivity contribution in [3.63, 3.8) is 0 Å². The molecule has 0 aliphatic carbocycles. The van der Waals surface area contributed by atoms with Crippen molar-refractivity contribution in [2.45, 2.75) is 20.5 Å². The maximum atomic E-state index is 11.5. The highest BCUT2D eigenvalue weighted by atomic mass is 16.5.